The summed E-state index contributed by atoms with van der Waals surface area (Å²) in [6.45, 7) is 0. The van der Waals surface area contributed by atoms with Crippen molar-refractivity contribution in [3.8, 4) is 0 Å². The van der Waals surface area contributed by atoms with Gasteiger partial charge in [-0.15, -0.1) is 11.8 Å². The number of furan rings is 1. The predicted octanol–water partition coefficient (Wildman–Crippen LogP) is 2.91. The molecule has 1 fully saturated rings. The van der Waals surface area contributed by atoms with Crippen molar-refractivity contribution >= 4 is 17.7 Å². The van der Waals surface area contributed by atoms with E-state index < -0.39 is 10.7 Å². The maximum absolute atomic E-state index is 11.2. The molecule has 1 aromatic rings. The molecule has 0 bridgehead atoms. The molecule has 2 rings (SSSR count). The molecule has 1 aliphatic carbocycles. The first-order valence-corrected chi connectivity index (χ1v) is 6.11. The molecule has 0 spiro atoms. The van der Waals surface area contributed by atoms with Crippen molar-refractivity contribution in [1.29, 1.82) is 0 Å². The Labute approximate surface area is 92.9 Å². The number of carbonyl (C=O) groups is 1. The minimum Gasteiger partial charge on any atom is -0.480 e. The van der Waals surface area contributed by atoms with Gasteiger partial charge in [0.25, 0.3) is 0 Å². The van der Waals surface area contributed by atoms with E-state index in [-0.39, 0.29) is 0 Å². The molecule has 15 heavy (non-hydrogen) atoms. The number of hydrogen-bond acceptors (Lipinski definition) is 3. The van der Waals surface area contributed by atoms with Crippen LogP contribution in [-0.2, 0) is 10.5 Å². The van der Waals surface area contributed by atoms with Crippen molar-refractivity contribution in [3.05, 3.63) is 24.2 Å². The molecule has 1 heterocycles. The summed E-state index contributed by atoms with van der Waals surface area (Å²) in [5, 5.41) is 9.24. The molecule has 82 valence electrons. The van der Waals surface area contributed by atoms with Crippen LogP contribution >= 0.6 is 11.8 Å². The molecule has 0 radical (unpaired) electrons. The molecule has 0 aromatic carbocycles. The summed E-state index contributed by atoms with van der Waals surface area (Å²) < 4.78 is 4.64. The molecule has 1 aliphatic rings. The van der Waals surface area contributed by atoms with Gasteiger partial charge < -0.3 is 9.52 Å². The first kappa shape index (κ1) is 10.6. The molecule has 1 N–H and O–H groups in total. The van der Waals surface area contributed by atoms with E-state index in [1.54, 1.807) is 6.26 Å². The molecule has 3 nitrogen and oxygen atoms in total. The van der Waals surface area contributed by atoms with Crippen LogP contribution in [0.1, 0.15) is 31.4 Å². The number of thioether (sulfide) groups is 1. The molecule has 1 saturated carbocycles. The van der Waals surface area contributed by atoms with Gasteiger partial charge in [0.05, 0.1) is 12.0 Å². The summed E-state index contributed by atoms with van der Waals surface area (Å²) in [7, 11) is 0. The summed E-state index contributed by atoms with van der Waals surface area (Å²) in [5.41, 5.74) is 0. The second kappa shape index (κ2) is 4.31. The molecule has 0 aliphatic heterocycles. The third-order valence-corrected chi connectivity index (χ3v) is 4.44. The van der Waals surface area contributed by atoms with E-state index in [2.05, 4.69) is 0 Å². The maximum Gasteiger partial charge on any atom is 0.319 e. The molecular weight excluding hydrogens is 212 g/mol. The number of carboxylic acids is 1. The molecule has 4 heteroatoms. The zero-order chi connectivity index (χ0) is 10.7. The highest BCUT2D eigenvalue weighted by atomic mass is 32.2. The highest BCUT2D eigenvalue weighted by Crippen LogP contribution is 2.43. The van der Waals surface area contributed by atoms with Gasteiger partial charge in [-0.1, -0.05) is 12.8 Å². The molecule has 0 saturated heterocycles. The Hall–Kier alpha value is -0.900. The molecule has 0 atom stereocenters. The third kappa shape index (κ3) is 2.20. The van der Waals surface area contributed by atoms with Crippen LogP contribution in [0.2, 0.25) is 0 Å². The third-order valence-electron chi connectivity index (χ3n) is 2.87. The maximum atomic E-state index is 11.2. The van der Waals surface area contributed by atoms with Gasteiger partial charge in [0.2, 0.25) is 0 Å². The second-order valence-corrected chi connectivity index (χ2v) is 5.23. The zero-order valence-corrected chi connectivity index (χ0v) is 9.26. The number of carboxylic acid groups (broad SMARTS) is 1. The van der Waals surface area contributed by atoms with Crippen molar-refractivity contribution < 1.29 is 14.3 Å². The van der Waals surface area contributed by atoms with E-state index in [9.17, 15) is 9.90 Å². The van der Waals surface area contributed by atoms with Gasteiger partial charge in [-0.3, -0.25) is 4.79 Å². The Morgan fingerprint density at radius 3 is 2.80 bits per heavy atom. The topological polar surface area (TPSA) is 50.4 Å². The average Bonchev–Trinajstić information content (AvgIpc) is 2.87. The lowest BCUT2D eigenvalue weighted by molar-refractivity contribution is -0.139. The van der Waals surface area contributed by atoms with Gasteiger partial charge in [0.15, 0.2) is 0 Å². The molecular formula is C11H14O3S. The normalized spacial score (nSPS) is 19.2. The second-order valence-electron chi connectivity index (χ2n) is 3.87. The summed E-state index contributed by atoms with van der Waals surface area (Å²) in [6.07, 6.45) is 5.24. The minimum atomic E-state index is -0.670. The van der Waals surface area contributed by atoms with Crippen molar-refractivity contribution in [2.75, 3.05) is 0 Å². The standard InChI is InChI=1S/C11H14O3S/c12-10(13)11(5-1-2-6-11)15-8-9-4-3-7-14-9/h3-4,7H,1-2,5-6,8H2,(H,12,13). The van der Waals surface area contributed by atoms with Crippen LogP contribution in [-0.4, -0.2) is 15.8 Å². The van der Waals surface area contributed by atoms with Crippen molar-refractivity contribution in [2.45, 2.75) is 36.2 Å². The van der Waals surface area contributed by atoms with Crippen LogP contribution in [0.4, 0.5) is 0 Å². The van der Waals surface area contributed by atoms with Crippen LogP contribution in [0, 0.1) is 0 Å². The number of aliphatic carboxylic acids is 1. The van der Waals surface area contributed by atoms with E-state index >= 15 is 0 Å². The Kier molecular flexibility index (Phi) is 3.05. The molecule has 1 aromatic heterocycles. The van der Waals surface area contributed by atoms with Crippen LogP contribution < -0.4 is 0 Å². The van der Waals surface area contributed by atoms with Gasteiger partial charge in [0.1, 0.15) is 10.5 Å². The fourth-order valence-electron chi connectivity index (χ4n) is 1.97. The van der Waals surface area contributed by atoms with Crippen molar-refractivity contribution in [1.82, 2.24) is 0 Å². The first-order valence-electron chi connectivity index (χ1n) is 5.13. The lowest BCUT2D eigenvalue weighted by Gasteiger charge is -2.22. The number of hydrogen-bond donors (Lipinski definition) is 1. The van der Waals surface area contributed by atoms with Gasteiger partial charge in [-0.2, -0.15) is 0 Å². The quantitative estimate of drug-likeness (QED) is 0.857. The van der Waals surface area contributed by atoms with E-state index in [0.717, 1.165) is 31.4 Å². The predicted molar refractivity (Wildman–Crippen MR) is 58.8 cm³/mol. The monoisotopic (exact) mass is 226 g/mol. The van der Waals surface area contributed by atoms with E-state index in [1.165, 1.54) is 11.8 Å². The Morgan fingerprint density at radius 2 is 2.27 bits per heavy atom. The zero-order valence-electron chi connectivity index (χ0n) is 8.44. The van der Waals surface area contributed by atoms with Gasteiger partial charge in [0, 0.05) is 0 Å². The van der Waals surface area contributed by atoms with E-state index in [0.29, 0.717) is 5.75 Å². The van der Waals surface area contributed by atoms with Crippen LogP contribution in [0.25, 0.3) is 0 Å². The van der Waals surface area contributed by atoms with E-state index in [1.807, 2.05) is 12.1 Å². The van der Waals surface area contributed by atoms with Crippen LogP contribution in [0.15, 0.2) is 22.8 Å². The van der Waals surface area contributed by atoms with Crippen molar-refractivity contribution in [3.63, 3.8) is 0 Å². The minimum absolute atomic E-state index is 0.563. The fraction of sp³-hybridized carbons (Fsp3) is 0.545. The van der Waals surface area contributed by atoms with Crippen molar-refractivity contribution in [2.24, 2.45) is 0 Å². The summed E-state index contributed by atoms with van der Waals surface area (Å²) in [4.78, 5) is 11.2. The Balaban J connectivity index is 1.99. The summed E-state index contributed by atoms with van der Waals surface area (Å²) in [5.74, 6) is 0.836. The Bertz CT molecular complexity index is 326. The van der Waals surface area contributed by atoms with E-state index in [4.69, 9.17) is 4.42 Å². The lowest BCUT2D eigenvalue weighted by Crippen LogP contribution is -2.31. The summed E-state index contributed by atoms with van der Waals surface area (Å²) >= 11 is 1.50. The lowest BCUT2D eigenvalue weighted by atomic mass is 10.1. The number of rotatable bonds is 4. The average molecular weight is 226 g/mol. The van der Waals surface area contributed by atoms with Crippen LogP contribution in [0.3, 0.4) is 0 Å². The smallest absolute Gasteiger partial charge is 0.319 e. The molecule has 0 unspecified atom stereocenters. The fourth-order valence-corrected chi connectivity index (χ4v) is 3.25. The largest absolute Gasteiger partial charge is 0.480 e. The Morgan fingerprint density at radius 1 is 1.53 bits per heavy atom. The molecule has 0 amide bonds. The van der Waals surface area contributed by atoms with Gasteiger partial charge >= 0.3 is 5.97 Å². The summed E-state index contributed by atoms with van der Waals surface area (Å²) in [6, 6.07) is 3.72. The highest BCUT2D eigenvalue weighted by molar-refractivity contribution is 8.00. The SMILES string of the molecule is O=C(O)C1(SCc2ccco2)CCCC1. The first-order chi connectivity index (χ1) is 7.23. The van der Waals surface area contributed by atoms with Gasteiger partial charge in [-0.05, 0) is 25.0 Å². The van der Waals surface area contributed by atoms with Crippen LogP contribution in [0.5, 0.6) is 0 Å². The van der Waals surface area contributed by atoms with Gasteiger partial charge in [-0.25, -0.2) is 0 Å². The highest BCUT2D eigenvalue weighted by Gasteiger charge is 2.41.